The molecule has 3 rings (SSSR count). The smallest absolute Gasteiger partial charge is 0.225 e. The number of carbonyl (C=O) groups excluding carboxylic acids is 1. The van der Waals surface area contributed by atoms with Gasteiger partial charge in [0.1, 0.15) is 5.82 Å². The van der Waals surface area contributed by atoms with E-state index in [9.17, 15) is 9.18 Å². The zero-order valence-electron chi connectivity index (χ0n) is 14.9. The molecule has 0 saturated carbocycles. The van der Waals surface area contributed by atoms with E-state index in [2.05, 4.69) is 30.2 Å². The summed E-state index contributed by atoms with van der Waals surface area (Å²) in [6.45, 7) is 5.02. The molecule has 1 aliphatic heterocycles. The quantitative estimate of drug-likeness (QED) is 0.858. The summed E-state index contributed by atoms with van der Waals surface area (Å²) < 4.78 is 13.1. The molecule has 25 heavy (non-hydrogen) atoms. The fourth-order valence-electron chi connectivity index (χ4n) is 3.47. The van der Waals surface area contributed by atoms with E-state index < -0.39 is 0 Å². The first-order valence-electron chi connectivity index (χ1n) is 8.98. The second-order valence-corrected chi connectivity index (χ2v) is 7.34. The van der Waals surface area contributed by atoms with Gasteiger partial charge in [0.25, 0.3) is 0 Å². The van der Waals surface area contributed by atoms with Gasteiger partial charge in [-0.1, -0.05) is 26.0 Å². The molecule has 0 spiro atoms. The van der Waals surface area contributed by atoms with Crippen molar-refractivity contribution < 1.29 is 9.18 Å². The van der Waals surface area contributed by atoms with Gasteiger partial charge in [0, 0.05) is 23.9 Å². The van der Waals surface area contributed by atoms with Gasteiger partial charge in [0.2, 0.25) is 5.91 Å². The lowest BCUT2D eigenvalue weighted by Gasteiger charge is -2.33. The lowest BCUT2D eigenvalue weighted by molar-refractivity contribution is -0.133. The molecular formula is C21H25FN2O. The number of nitrogens with one attached hydrogen (secondary N) is 1. The van der Waals surface area contributed by atoms with Crippen molar-refractivity contribution in [3.05, 3.63) is 54.1 Å². The average Bonchev–Trinajstić information content (AvgIpc) is 2.63. The van der Waals surface area contributed by atoms with Crippen LogP contribution in [-0.4, -0.2) is 17.4 Å². The van der Waals surface area contributed by atoms with E-state index in [-0.39, 0.29) is 23.1 Å². The highest BCUT2D eigenvalue weighted by molar-refractivity contribution is 5.82. The van der Waals surface area contributed by atoms with E-state index in [0.29, 0.717) is 0 Å². The van der Waals surface area contributed by atoms with Crippen molar-refractivity contribution in [2.45, 2.75) is 45.4 Å². The van der Waals surface area contributed by atoms with Crippen molar-refractivity contribution in [3.63, 3.8) is 0 Å². The molecule has 0 bridgehead atoms. The van der Waals surface area contributed by atoms with E-state index >= 15 is 0 Å². The highest BCUT2D eigenvalue weighted by Crippen LogP contribution is 2.35. The molecule has 4 heteroatoms. The molecule has 1 aliphatic rings. The van der Waals surface area contributed by atoms with Gasteiger partial charge in [-0.25, -0.2) is 4.39 Å². The predicted molar refractivity (Wildman–Crippen MR) is 97.6 cm³/mol. The molecule has 2 aromatic rings. The molecule has 1 fully saturated rings. The summed E-state index contributed by atoms with van der Waals surface area (Å²) in [7, 11) is 0. The normalized spacial score (nSPS) is 21.6. The second-order valence-electron chi connectivity index (χ2n) is 7.34. The largest absolute Gasteiger partial charge is 0.356 e. The first-order valence-corrected chi connectivity index (χ1v) is 8.98. The Bertz CT molecular complexity index is 744. The summed E-state index contributed by atoms with van der Waals surface area (Å²) in [5.41, 5.74) is 2.78. The molecule has 1 aromatic heterocycles. The van der Waals surface area contributed by atoms with Crippen molar-refractivity contribution in [3.8, 4) is 11.1 Å². The van der Waals surface area contributed by atoms with Crippen LogP contribution >= 0.6 is 0 Å². The maximum Gasteiger partial charge on any atom is 0.225 e. The minimum absolute atomic E-state index is 0.180. The van der Waals surface area contributed by atoms with Crippen LogP contribution in [0.1, 0.15) is 51.1 Å². The Kier molecular flexibility index (Phi) is 5.16. The predicted octanol–water partition coefficient (Wildman–Crippen LogP) is 4.69. The topological polar surface area (TPSA) is 42.0 Å². The standard InChI is InChI=1S/C21H25FN2O/c1-15(8-11-21(2)10-3-12-24-20(21)25)19-14-17(9-13-23-19)16-4-6-18(22)7-5-16/h4-7,9,13-15H,3,8,10-12H2,1-2H3,(H,24,25)/t15?,21-/m0/s1. The van der Waals surface area contributed by atoms with Crippen LogP contribution in [-0.2, 0) is 4.79 Å². The molecule has 1 unspecified atom stereocenters. The van der Waals surface area contributed by atoms with Crippen LogP contribution in [0.15, 0.2) is 42.6 Å². The second kappa shape index (κ2) is 7.34. The first-order chi connectivity index (χ1) is 12.0. The van der Waals surface area contributed by atoms with E-state index in [1.807, 2.05) is 6.07 Å². The van der Waals surface area contributed by atoms with Crippen molar-refractivity contribution in [1.82, 2.24) is 10.3 Å². The van der Waals surface area contributed by atoms with E-state index in [1.165, 1.54) is 12.1 Å². The maximum absolute atomic E-state index is 13.1. The molecule has 132 valence electrons. The van der Waals surface area contributed by atoms with Crippen molar-refractivity contribution in [1.29, 1.82) is 0 Å². The summed E-state index contributed by atoms with van der Waals surface area (Å²) in [5.74, 6) is 0.219. The number of piperidine rings is 1. The lowest BCUT2D eigenvalue weighted by atomic mass is 9.76. The molecule has 2 heterocycles. The number of nitrogens with zero attached hydrogens (tertiary/aromatic N) is 1. The third-order valence-corrected chi connectivity index (χ3v) is 5.33. The van der Waals surface area contributed by atoms with Crippen LogP contribution in [0.2, 0.25) is 0 Å². The van der Waals surface area contributed by atoms with Gasteiger partial charge in [0.15, 0.2) is 0 Å². The molecule has 1 saturated heterocycles. The highest BCUT2D eigenvalue weighted by Gasteiger charge is 2.35. The Labute approximate surface area is 148 Å². The first kappa shape index (κ1) is 17.6. The van der Waals surface area contributed by atoms with Gasteiger partial charge in [0.05, 0.1) is 0 Å². The Balaban J connectivity index is 1.70. The maximum atomic E-state index is 13.1. The summed E-state index contributed by atoms with van der Waals surface area (Å²) in [5, 5.41) is 2.99. The third kappa shape index (κ3) is 4.06. The van der Waals surface area contributed by atoms with Gasteiger partial charge in [-0.15, -0.1) is 0 Å². The van der Waals surface area contributed by atoms with Crippen LogP contribution in [0.3, 0.4) is 0 Å². The fraction of sp³-hybridized carbons (Fsp3) is 0.429. The number of aromatic nitrogens is 1. The van der Waals surface area contributed by atoms with Crippen LogP contribution in [0.25, 0.3) is 11.1 Å². The Morgan fingerprint density at radius 3 is 2.72 bits per heavy atom. The zero-order chi connectivity index (χ0) is 17.9. The number of carbonyl (C=O) groups is 1. The number of hydrogen-bond acceptors (Lipinski definition) is 2. The number of hydrogen-bond donors (Lipinski definition) is 1. The highest BCUT2D eigenvalue weighted by atomic mass is 19.1. The zero-order valence-corrected chi connectivity index (χ0v) is 14.9. The van der Waals surface area contributed by atoms with Crippen molar-refractivity contribution >= 4 is 5.91 Å². The SMILES string of the molecule is CC(CC[C@]1(C)CCCNC1=O)c1cc(-c2ccc(F)cc2)ccn1. The number of amides is 1. The van der Waals surface area contributed by atoms with Crippen LogP contribution in [0.5, 0.6) is 0 Å². The monoisotopic (exact) mass is 340 g/mol. The van der Waals surface area contributed by atoms with Gasteiger partial charge < -0.3 is 5.32 Å². The van der Waals surface area contributed by atoms with E-state index in [0.717, 1.165) is 49.0 Å². The number of pyridine rings is 1. The van der Waals surface area contributed by atoms with E-state index in [1.54, 1.807) is 18.3 Å². The van der Waals surface area contributed by atoms with E-state index in [4.69, 9.17) is 0 Å². The molecule has 0 aliphatic carbocycles. The Morgan fingerprint density at radius 2 is 2.00 bits per heavy atom. The molecule has 1 aromatic carbocycles. The summed E-state index contributed by atoms with van der Waals surface area (Å²) in [6.07, 6.45) is 5.59. The third-order valence-electron chi connectivity index (χ3n) is 5.33. The minimum Gasteiger partial charge on any atom is -0.356 e. The summed E-state index contributed by atoms with van der Waals surface area (Å²) in [6, 6.07) is 10.5. The average molecular weight is 340 g/mol. The molecule has 0 radical (unpaired) electrons. The van der Waals surface area contributed by atoms with Gasteiger partial charge in [-0.2, -0.15) is 0 Å². The number of halogens is 1. The van der Waals surface area contributed by atoms with Gasteiger partial charge in [-0.3, -0.25) is 9.78 Å². The Hall–Kier alpha value is -2.23. The van der Waals surface area contributed by atoms with Gasteiger partial charge >= 0.3 is 0 Å². The molecule has 3 nitrogen and oxygen atoms in total. The lowest BCUT2D eigenvalue weighted by Crippen LogP contribution is -2.44. The van der Waals surface area contributed by atoms with Crippen molar-refractivity contribution in [2.24, 2.45) is 5.41 Å². The summed E-state index contributed by atoms with van der Waals surface area (Å²) in [4.78, 5) is 16.7. The van der Waals surface area contributed by atoms with Crippen LogP contribution in [0, 0.1) is 11.2 Å². The van der Waals surface area contributed by atoms with Crippen LogP contribution in [0.4, 0.5) is 4.39 Å². The molecule has 1 amide bonds. The molecule has 1 N–H and O–H groups in total. The fourth-order valence-corrected chi connectivity index (χ4v) is 3.47. The van der Waals surface area contributed by atoms with Crippen LogP contribution < -0.4 is 5.32 Å². The molecule has 2 atom stereocenters. The number of benzene rings is 1. The Morgan fingerprint density at radius 1 is 1.24 bits per heavy atom. The van der Waals surface area contributed by atoms with Crippen molar-refractivity contribution in [2.75, 3.05) is 6.54 Å². The number of rotatable bonds is 5. The van der Waals surface area contributed by atoms with Gasteiger partial charge in [-0.05, 0) is 67.0 Å². The molecular weight excluding hydrogens is 315 g/mol. The summed E-state index contributed by atoms with van der Waals surface area (Å²) >= 11 is 0. The minimum atomic E-state index is -0.263.